The van der Waals surface area contributed by atoms with E-state index in [1.54, 1.807) is 13.0 Å². The molecule has 0 spiro atoms. The number of rotatable bonds is 3. The first-order chi connectivity index (χ1) is 4.35. The lowest BCUT2D eigenvalue weighted by atomic mass is 10.5. The fourth-order valence-corrected chi connectivity index (χ4v) is 0.202. The number of oxime groups is 1. The normalized spacial score (nSPS) is 10.0. The van der Waals surface area contributed by atoms with Gasteiger partial charge in [0.1, 0.15) is 12.7 Å². The number of nitrogens with zero attached hydrogens (tertiary/aromatic N) is 2. The first kappa shape index (κ1) is 7.63. The summed E-state index contributed by atoms with van der Waals surface area (Å²) in [5, 5.41) is 11.2. The van der Waals surface area contributed by atoms with Gasteiger partial charge in [-0.3, -0.25) is 4.79 Å². The van der Waals surface area contributed by atoms with Crippen molar-refractivity contribution in [3.63, 3.8) is 0 Å². The summed E-state index contributed by atoms with van der Waals surface area (Å²) in [6.45, 7) is 2.07. The van der Waals surface area contributed by atoms with Gasteiger partial charge in [0.25, 0.3) is 0 Å². The Morgan fingerprint density at radius 1 is 2.00 bits per heavy atom. The monoisotopic (exact) mass is 126 g/mol. The molecule has 0 amide bonds. The highest BCUT2D eigenvalue weighted by atomic mass is 16.6. The maximum Gasteiger partial charge on any atom is 0.219 e. The molecule has 0 aromatic rings. The van der Waals surface area contributed by atoms with Gasteiger partial charge >= 0.3 is 0 Å². The highest BCUT2D eigenvalue weighted by Crippen LogP contribution is 1.75. The molecule has 9 heavy (non-hydrogen) atoms. The Balaban J connectivity index is 3.80. The van der Waals surface area contributed by atoms with Crippen molar-refractivity contribution in [3.05, 3.63) is 0 Å². The molecule has 4 nitrogen and oxygen atoms in total. The lowest BCUT2D eigenvalue weighted by Gasteiger charge is -1.87. The van der Waals surface area contributed by atoms with Crippen LogP contribution in [0, 0.1) is 11.3 Å². The van der Waals surface area contributed by atoms with Crippen LogP contribution in [0.3, 0.4) is 0 Å². The van der Waals surface area contributed by atoms with E-state index in [-0.39, 0.29) is 5.71 Å². The van der Waals surface area contributed by atoms with E-state index in [1.165, 1.54) is 0 Å². The van der Waals surface area contributed by atoms with Crippen molar-refractivity contribution >= 4 is 12.0 Å². The Labute approximate surface area is 52.7 Å². The van der Waals surface area contributed by atoms with Crippen LogP contribution >= 0.6 is 0 Å². The molecular weight excluding hydrogens is 120 g/mol. The van der Waals surface area contributed by atoms with Gasteiger partial charge in [-0.05, 0) is 6.92 Å². The van der Waals surface area contributed by atoms with Gasteiger partial charge in [-0.1, -0.05) is 5.16 Å². The first-order valence-corrected chi connectivity index (χ1v) is 2.40. The van der Waals surface area contributed by atoms with E-state index in [0.717, 1.165) is 0 Å². The smallest absolute Gasteiger partial charge is 0.219 e. The summed E-state index contributed by atoms with van der Waals surface area (Å²) >= 11 is 0. The number of aldehydes is 1. The van der Waals surface area contributed by atoms with Crippen molar-refractivity contribution in [1.29, 1.82) is 5.26 Å². The molecular formula is C5H6N2O2. The number of carbonyl (C=O) groups excluding carboxylic acids is 1. The fourth-order valence-electron chi connectivity index (χ4n) is 0.202. The zero-order chi connectivity index (χ0) is 7.11. The minimum absolute atomic E-state index is 0.239. The van der Waals surface area contributed by atoms with Crippen molar-refractivity contribution in [2.24, 2.45) is 5.16 Å². The largest absolute Gasteiger partial charge is 0.395 e. The summed E-state index contributed by atoms with van der Waals surface area (Å²) in [4.78, 5) is 14.2. The Bertz CT molecular complexity index is 157. The summed E-state index contributed by atoms with van der Waals surface area (Å²) in [6, 6.07) is 1.54. The predicted octanol–water partition coefficient (Wildman–Crippen LogP) is 0.101. The topological polar surface area (TPSA) is 62.4 Å². The average Bonchev–Trinajstić information content (AvgIpc) is 1.91. The molecule has 0 radical (unpaired) electrons. The summed E-state index contributed by atoms with van der Waals surface area (Å²) in [7, 11) is 0. The molecule has 0 atom stereocenters. The number of carbonyl (C=O) groups is 1. The van der Waals surface area contributed by atoms with Crippen LogP contribution in [0.15, 0.2) is 5.16 Å². The SMILES string of the molecule is CCO/N=C(\C#N)C=O. The van der Waals surface area contributed by atoms with Gasteiger partial charge in [0.15, 0.2) is 6.29 Å². The van der Waals surface area contributed by atoms with E-state index in [0.29, 0.717) is 12.9 Å². The standard InChI is InChI=1S/C5H6N2O2/c1-2-9-7-5(3-6)4-8/h4H,2H2,1H3/b7-5+. The van der Waals surface area contributed by atoms with Gasteiger partial charge in [-0.15, -0.1) is 0 Å². The number of hydrogen-bond donors (Lipinski definition) is 0. The maximum absolute atomic E-state index is 9.81. The fraction of sp³-hybridized carbons (Fsp3) is 0.400. The summed E-state index contributed by atoms with van der Waals surface area (Å²) in [6.07, 6.45) is 0.343. The first-order valence-electron chi connectivity index (χ1n) is 2.40. The molecule has 0 heterocycles. The van der Waals surface area contributed by atoms with Crippen LogP contribution in [-0.4, -0.2) is 18.6 Å². The minimum Gasteiger partial charge on any atom is -0.395 e. The van der Waals surface area contributed by atoms with Crippen LogP contribution in [0.1, 0.15) is 6.92 Å². The van der Waals surface area contributed by atoms with Gasteiger partial charge in [0.2, 0.25) is 5.71 Å². The zero-order valence-corrected chi connectivity index (χ0v) is 5.00. The van der Waals surface area contributed by atoms with Gasteiger partial charge in [0, 0.05) is 0 Å². The van der Waals surface area contributed by atoms with Gasteiger partial charge in [-0.25, -0.2) is 0 Å². The maximum atomic E-state index is 9.81. The van der Waals surface area contributed by atoms with Crippen LogP contribution < -0.4 is 0 Å². The summed E-state index contributed by atoms with van der Waals surface area (Å²) in [5.41, 5.74) is -0.239. The molecule has 0 bridgehead atoms. The molecule has 48 valence electrons. The van der Waals surface area contributed by atoms with Gasteiger partial charge < -0.3 is 4.84 Å². The molecule has 0 N–H and O–H groups in total. The van der Waals surface area contributed by atoms with E-state index >= 15 is 0 Å². The van der Waals surface area contributed by atoms with Crippen LogP contribution in [0.2, 0.25) is 0 Å². The second-order valence-corrected chi connectivity index (χ2v) is 1.12. The van der Waals surface area contributed by atoms with E-state index in [9.17, 15) is 4.79 Å². The van der Waals surface area contributed by atoms with E-state index in [4.69, 9.17) is 5.26 Å². The highest BCUT2D eigenvalue weighted by Gasteiger charge is 1.90. The Kier molecular flexibility index (Phi) is 4.05. The molecule has 0 aliphatic rings. The molecule has 0 rings (SSSR count). The highest BCUT2D eigenvalue weighted by molar-refractivity contribution is 6.35. The summed E-state index contributed by atoms with van der Waals surface area (Å²) < 4.78 is 0. The van der Waals surface area contributed by atoms with Crippen molar-refractivity contribution in [3.8, 4) is 6.07 Å². The third kappa shape index (κ3) is 3.23. The predicted molar refractivity (Wildman–Crippen MR) is 30.7 cm³/mol. The van der Waals surface area contributed by atoms with Crippen LogP contribution in [-0.2, 0) is 9.63 Å². The molecule has 0 fully saturated rings. The van der Waals surface area contributed by atoms with E-state index < -0.39 is 0 Å². The third-order valence-electron chi connectivity index (χ3n) is 0.518. The number of nitriles is 1. The van der Waals surface area contributed by atoms with Crippen molar-refractivity contribution < 1.29 is 9.63 Å². The molecule has 4 heteroatoms. The Hall–Kier alpha value is -1.37. The molecule has 0 saturated heterocycles. The van der Waals surface area contributed by atoms with Crippen molar-refractivity contribution in [1.82, 2.24) is 0 Å². The molecule has 0 aliphatic carbocycles. The minimum atomic E-state index is -0.239. The van der Waals surface area contributed by atoms with Crippen molar-refractivity contribution in [2.45, 2.75) is 6.92 Å². The average molecular weight is 126 g/mol. The van der Waals surface area contributed by atoms with E-state index in [2.05, 4.69) is 9.99 Å². The Morgan fingerprint density at radius 3 is 3.00 bits per heavy atom. The lowest BCUT2D eigenvalue weighted by molar-refractivity contribution is -0.102. The van der Waals surface area contributed by atoms with Gasteiger partial charge in [-0.2, -0.15) is 5.26 Å². The van der Waals surface area contributed by atoms with E-state index in [1.807, 2.05) is 0 Å². The summed E-state index contributed by atoms with van der Waals surface area (Å²) in [5.74, 6) is 0. The lowest BCUT2D eigenvalue weighted by Crippen LogP contribution is -1.96. The molecule has 0 unspecified atom stereocenters. The zero-order valence-electron chi connectivity index (χ0n) is 5.00. The molecule has 0 saturated carbocycles. The molecule has 0 aromatic carbocycles. The number of hydrogen-bond acceptors (Lipinski definition) is 4. The second kappa shape index (κ2) is 4.78. The molecule has 0 aliphatic heterocycles. The third-order valence-corrected chi connectivity index (χ3v) is 0.518. The van der Waals surface area contributed by atoms with Crippen LogP contribution in [0.5, 0.6) is 0 Å². The molecule has 0 aromatic heterocycles. The Morgan fingerprint density at radius 2 is 2.67 bits per heavy atom. The quantitative estimate of drug-likeness (QED) is 0.306. The second-order valence-electron chi connectivity index (χ2n) is 1.12. The van der Waals surface area contributed by atoms with Crippen LogP contribution in [0.25, 0.3) is 0 Å². The van der Waals surface area contributed by atoms with Gasteiger partial charge in [0.05, 0.1) is 0 Å². The van der Waals surface area contributed by atoms with Crippen LogP contribution in [0.4, 0.5) is 0 Å². The van der Waals surface area contributed by atoms with Crippen molar-refractivity contribution in [2.75, 3.05) is 6.61 Å².